The van der Waals surface area contributed by atoms with Gasteiger partial charge in [-0.25, -0.2) is 19.9 Å². The molecule has 0 aliphatic heterocycles. The van der Waals surface area contributed by atoms with Crippen LogP contribution >= 0.6 is 0 Å². The molecule has 2 heterocycles. The van der Waals surface area contributed by atoms with Gasteiger partial charge in [0.2, 0.25) is 0 Å². The van der Waals surface area contributed by atoms with Crippen LogP contribution in [0.4, 0.5) is 0 Å². The Morgan fingerprint density at radius 1 is 0.433 bits per heavy atom. The van der Waals surface area contributed by atoms with Gasteiger partial charge in [0, 0.05) is 33.2 Å². The molecule has 0 aliphatic carbocycles. The molecule has 4 heteroatoms. The zero-order valence-electron chi connectivity index (χ0n) is 34.0. The van der Waals surface area contributed by atoms with Gasteiger partial charge < -0.3 is 0 Å². The van der Waals surface area contributed by atoms with E-state index in [0.29, 0.717) is 11.6 Å². The number of allylic oxidation sites excluding steroid dienone is 5. The Hall–Kier alpha value is -7.56. The zero-order chi connectivity index (χ0) is 41.1. The Morgan fingerprint density at radius 3 is 1.42 bits per heavy atom. The molecule has 4 nitrogen and oxygen atoms in total. The Balaban J connectivity index is 1.03. The number of nitrogens with zero attached hydrogens (tertiary/aromatic N) is 4. The van der Waals surface area contributed by atoms with Crippen molar-refractivity contribution in [2.24, 2.45) is 0 Å². The molecule has 0 bridgehead atoms. The van der Waals surface area contributed by atoms with E-state index in [0.717, 1.165) is 56.2 Å². The first kappa shape index (κ1) is 38.0. The van der Waals surface area contributed by atoms with E-state index in [4.69, 9.17) is 19.9 Å². The van der Waals surface area contributed by atoms with Gasteiger partial charge in [0.05, 0.1) is 22.8 Å². The highest BCUT2D eigenvalue weighted by Crippen LogP contribution is 2.36. The summed E-state index contributed by atoms with van der Waals surface area (Å²) in [5, 5.41) is 4.75. The minimum Gasteiger partial charge on any atom is -0.228 e. The molecule has 0 spiro atoms. The second kappa shape index (κ2) is 16.4. The van der Waals surface area contributed by atoms with Crippen LogP contribution in [-0.2, 0) is 5.41 Å². The average molecular weight is 773 g/mol. The highest BCUT2D eigenvalue weighted by Gasteiger charge is 2.24. The van der Waals surface area contributed by atoms with Gasteiger partial charge in [-0.15, -0.1) is 0 Å². The molecule has 7 aromatic carbocycles. The van der Waals surface area contributed by atoms with Crippen LogP contribution < -0.4 is 0 Å². The highest BCUT2D eigenvalue weighted by molar-refractivity contribution is 5.89. The monoisotopic (exact) mass is 772 g/mol. The summed E-state index contributed by atoms with van der Waals surface area (Å²) in [4.78, 5) is 20.4. The summed E-state index contributed by atoms with van der Waals surface area (Å²) < 4.78 is 0. The third-order valence-electron chi connectivity index (χ3n) is 11.3. The van der Waals surface area contributed by atoms with Crippen LogP contribution in [0.2, 0.25) is 0 Å². The molecule has 288 valence electrons. The second-order valence-corrected chi connectivity index (χ2v) is 15.6. The molecule has 9 aromatic rings. The van der Waals surface area contributed by atoms with Crippen LogP contribution in [-0.4, -0.2) is 19.9 Å². The molecule has 0 atom stereocenters. The molecule has 0 unspecified atom stereocenters. The lowest BCUT2D eigenvalue weighted by Gasteiger charge is -2.26. The summed E-state index contributed by atoms with van der Waals surface area (Å²) in [6.07, 6.45) is 7.96. The maximum absolute atomic E-state index is 5.13. The Labute approximate surface area is 352 Å². The van der Waals surface area contributed by atoms with E-state index < -0.39 is 0 Å². The molecular formula is C56H44N4. The number of aromatic nitrogens is 4. The van der Waals surface area contributed by atoms with E-state index in [2.05, 4.69) is 172 Å². The van der Waals surface area contributed by atoms with Crippen molar-refractivity contribution in [1.82, 2.24) is 19.9 Å². The summed E-state index contributed by atoms with van der Waals surface area (Å²) >= 11 is 0. The molecule has 0 saturated heterocycles. The topological polar surface area (TPSA) is 51.6 Å². The van der Waals surface area contributed by atoms with Gasteiger partial charge in [-0.05, 0) is 69.4 Å². The van der Waals surface area contributed by atoms with E-state index in [9.17, 15) is 0 Å². The van der Waals surface area contributed by atoms with E-state index in [-0.39, 0.29) is 5.41 Å². The van der Waals surface area contributed by atoms with Crippen molar-refractivity contribution < 1.29 is 0 Å². The van der Waals surface area contributed by atoms with E-state index >= 15 is 0 Å². The molecule has 60 heavy (non-hydrogen) atoms. The quantitative estimate of drug-likeness (QED) is 0.130. The fourth-order valence-electron chi connectivity index (χ4n) is 7.67. The first-order chi connectivity index (χ1) is 29.3. The lowest BCUT2D eigenvalue weighted by Crippen LogP contribution is -2.18. The predicted octanol–water partition coefficient (Wildman–Crippen LogP) is 14.4. The van der Waals surface area contributed by atoms with Crippen molar-refractivity contribution in [3.05, 3.63) is 224 Å². The van der Waals surface area contributed by atoms with Crippen LogP contribution in [0.15, 0.2) is 207 Å². The smallest absolute Gasteiger partial charge is 0.160 e. The van der Waals surface area contributed by atoms with Crippen molar-refractivity contribution >= 4 is 27.1 Å². The van der Waals surface area contributed by atoms with Gasteiger partial charge in [-0.3, -0.25) is 0 Å². The minimum absolute atomic E-state index is 0.287. The molecular weight excluding hydrogens is 729 g/mol. The van der Waals surface area contributed by atoms with Crippen molar-refractivity contribution in [3.8, 4) is 56.5 Å². The molecule has 0 fully saturated rings. The first-order valence-electron chi connectivity index (χ1n) is 20.3. The lowest BCUT2D eigenvalue weighted by molar-refractivity contribution is 0.641. The van der Waals surface area contributed by atoms with Gasteiger partial charge in [-0.1, -0.05) is 196 Å². The largest absolute Gasteiger partial charge is 0.228 e. The van der Waals surface area contributed by atoms with Gasteiger partial charge >= 0.3 is 0 Å². The molecule has 0 radical (unpaired) electrons. The van der Waals surface area contributed by atoms with E-state index in [1.54, 1.807) is 0 Å². The summed E-state index contributed by atoms with van der Waals surface area (Å²) in [7, 11) is 0. The van der Waals surface area contributed by atoms with Gasteiger partial charge in [0.15, 0.2) is 11.6 Å². The fraction of sp³-hybridized carbons (Fsp3) is 0.0714. The molecule has 0 amide bonds. The lowest BCUT2D eigenvalue weighted by atomic mass is 9.77. The molecule has 0 saturated carbocycles. The van der Waals surface area contributed by atoms with Gasteiger partial charge in [0.1, 0.15) is 0 Å². The zero-order valence-corrected chi connectivity index (χ0v) is 34.0. The number of rotatable bonds is 10. The van der Waals surface area contributed by atoms with Crippen molar-refractivity contribution in [3.63, 3.8) is 0 Å². The highest BCUT2D eigenvalue weighted by atomic mass is 14.9. The van der Waals surface area contributed by atoms with Crippen molar-refractivity contribution in [2.45, 2.75) is 26.2 Å². The maximum atomic E-state index is 5.13. The van der Waals surface area contributed by atoms with Crippen molar-refractivity contribution in [2.75, 3.05) is 0 Å². The Bertz CT molecular complexity index is 3070. The van der Waals surface area contributed by atoms with Crippen LogP contribution in [0.5, 0.6) is 0 Å². The third-order valence-corrected chi connectivity index (χ3v) is 11.3. The van der Waals surface area contributed by atoms with Crippen molar-refractivity contribution in [1.29, 1.82) is 0 Å². The summed E-state index contributed by atoms with van der Waals surface area (Å²) in [5.41, 5.74) is 11.4. The average Bonchev–Trinajstić information content (AvgIpc) is 3.31. The number of benzene rings is 7. The SMILES string of the molecule is C=C(/C=C\C=C/C)c1cc(-c2ccc3ccccc3c2)nc(-c2ccc(C(C)(C)c3ccc(-c4nc(-c5ccccc5)cc(-c5ccc6ccccc6c5)n4)cc3)cc2)n1. The number of fused-ring (bicyclic) bond motifs is 2. The molecule has 9 rings (SSSR count). The second-order valence-electron chi connectivity index (χ2n) is 15.6. The molecule has 0 N–H and O–H groups in total. The molecule has 0 aliphatic rings. The minimum atomic E-state index is -0.287. The molecule has 2 aromatic heterocycles. The Kier molecular flexibility index (Phi) is 10.4. The van der Waals surface area contributed by atoms with Crippen LogP contribution in [0, 0.1) is 0 Å². The maximum Gasteiger partial charge on any atom is 0.160 e. The van der Waals surface area contributed by atoms with Crippen LogP contribution in [0.25, 0.3) is 83.7 Å². The third kappa shape index (κ3) is 7.84. The standard InChI is InChI=1S/C56H44N4/c1-5-6-8-15-38(2)50-36-52(46-24-22-39-16-11-13-20-44(39)34-46)59-54(57-50)42-26-30-48(31-27-42)56(3,4)49-32-28-43(29-33-49)55-58-51(41-18-9-7-10-19-41)37-53(60-55)47-25-23-40-17-12-14-21-45(40)35-47/h5-37H,2H2,1,3-4H3/b6-5-,15-8-. The van der Waals surface area contributed by atoms with E-state index in [1.807, 2.05) is 55.5 Å². The normalized spacial score (nSPS) is 11.8. The fourth-order valence-corrected chi connectivity index (χ4v) is 7.67. The summed E-state index contributed by atoms with van der Waals surface area (Å²) in [6.45, 7) is 10.9. The summed E-state index contributed by atoms with van der Waals surface area (Å²) in [6, 6.07) is 61.6. The summed E-state index contributed by atoms with van der Waals surface area (Å²) in [5.74, 6) is 1.35. The van der Waals surface area contributed by atoms with Gasteiger partial charge in [0.25, 0.3) is 0 Å². The van der Waals surface area contributed by atoms with Crippen LogP contribution in [0.3, 0.4) is 0 Å². The number of hydrogen-bond donors (Lipinski definition) is 0. The number of hydrogen-bond acceptors (Lipinski definition) is 4. The van der Waals surface area contributed by atoms with Gasteiger partial charge in [-0.2, -0.15) is 0 Å². The Morgan fingerprint density at radius 2 is 0.883 bits per heavy atom. The predicted molar refractivity (Wildman–Crippen MR) is 251 cm³/mol. The van der Waals surface area contributed by atoms with Crippen LogP contribution in [0.1, 0.15) is 37.6 Å². The first-order valence-corrected chi connectivity index (χ1v) is 20.3. The van der Waals surface area contributed by atoms with E-state index in [1.165, 1.54) is 32.7 Å².